The lowest BCUT2D eigenvalue weighted by molar-refractivity contribution is 0.470. The van der Waals surface area contributed by atoms with E-state index in [4.69, 9.17) is 0 Å². The number of phenols is 2. The van der Waals surface area contributed by atoms with Gasteiger partial charge >= 0.3 is 0 Å². The number of phenolic OH excluding ortho intramolecular Hbond substituents is 2. The number of fused-ring (bicyclic) bond motifs is 4. The molecule has 0 unspecified atom stereocenters. The lowest BCUT2D eigenvalue weighted by Gasteiger charge is -2.15. The van der Waals surface area contributed by atoms with Crippen molar-refractivity contribution in [1.82, 2.24) is 0 Å². The molecule has 0 saturated carbocycles. The molecule has 218 valence electrons. The summed E-state index contributed by atoms with van der Waals surface area (Å²) < 4.78 is 0. The third-order valence-corrected chi connectivity index (χ3v) is 8.78. The average molecular weight is 591 g/mol. The second-order valence-corrected chi connectivity index (χ2v) is 11.8. The van der Waals surface area contributed by atoms with Gasteiger partial charge in [0.15, 0.2) is 0 Å². The predicted molar refractivity (Wildman–Crippen MR) is 196 cm³/mol. The summed E-state index contributed by atoms with van der Waals surface area (Å²) >= 11 is 0. The van der Waals surface area contributed by atoms with E-state index in [1.54, 1.807) is 12.1 Å². The molecule has 0 aliphatic rings. The Labute approximate surface area is 267 Å². The summed E-state index contributed by atoms with van der Waals surface area (Å²) in [6, 6.07) is 49.4. The van der Waals surface area contributed by atoms with E-state index >= 15 is 0 Å². The zero-order valence-corrected chi connectivity index (χ0v) is 25.1. The largest absolute Gasteiger partial charge is 0.507 e. The van der Waals surface area contributed by atoms with Crippen LogP contribution < -0.4 is 0 Å². The van der Waals surface area contributed by atoms with Crippen LogP contribution in [0.25, 0.3) is 78.5 Å². The molecule has 0 bridgehead atoms. The molecule has 0 fully saturated rings. The fourth-order valence-corrected chi connectivity index (χ4v) is 6.41. The molecule has 0 heterocycles. The van der Waals surface area contributed by atoms with Crippen LogP contribution in [0.1, 0.15) is 22.3 Å². The topological polar surface area (TPSA) is 40.5 Å². The van der Waals surface area contributed by atoms with Gasteiger partial charge in [-0.25, -0.2) is 0 Å². The molecule has 0 radical (unpaired) electrons. The second-order valence-electron chi connectivity index (χ2n) is 11.8. The third kappa shape index (κ3) is 5.16. The van der Waals surface area contributed by atoms with Crippen molar-refractivity contribution in [2.24, 2.45) is 0 Å². The van der Waals surface area contributed by atoms with Crippen LogP contribution in [0.2, 0.25) is 0 Å². The highest BCUT2D eigenvalue weighted by Crippen LogP contribution is 2.45. The molecule has 8 aromatic rings. The molecule has 2 nitrogen and oxygen atoms in total. The van der Waals surface area contributed by atoms with Crippen molar-refractivity contribution in [3.63, 3.8) is 0 Å². The zero-order chi connectivity index (χ0) is 31.0. The molecule has 0 aromatic heterocycles. The molecule has 2 heteroatoms. The van der Waals surface area contributed by atoms with Crippen molar-refractivity contribution in [1.29, 1.82) is 0 Å². The first-order valence-corrected chi connectivity index (χ1v) is 15.4. The SMILES string of the molecule is Oc1ccc2cc(/C=C/c3ccc4ccccc4c3)ccc2c1-c1c(O)ccc2cc(/C=C/c3ccc4ccccc4c3)ccc12. The molecule has 0 atom stereocenters. The molecular formula is C44H30O2. The first-order chi connectivity index (χ1) is 22.6. The van der Waals surface area contributed by atoms with Gasteiger partial charge in [0.25, 0.3) is 0 Å². The predicted octanol–water partition coefficient (Wildman–Crippen LogP) is 11.7. The fraction of sp³-hybridized carbons (Fsp3) is 0. The van der Waals surface area contributed by atoms with E-state index < -0.39 is 0 Å². The van der Waals surface area contributed by atoms with E-state index in [0.29, 0.717) is 11.1 Å². The van der Waals surface area contributed by atoms with Gasteiger partial charge in [0.2, 0.25) is 0 Å². The molecule has 0 aliphatic heterocycles. The summed E-state index contributed by atoms with van der Waals surface area (Å²) in [7, 11) is 0. The van der Waals surface area contributed by atoms with Gasteiger partial charge in [-0.2, -0.15) is 0 Å². The quantitative estimate of drug-likeness (QED) is 0.196. The maximum atomic E-state index is 11.2. The first kappa shape index (κ1) is 27.4. The smallest absolute Gasteiger partial charge is 0.124 e. The van der Waals surface area contributed by atoms with Crippen LogP contribution in [0, 0.1) is 0 Å². The standard InChI is InChI=1S/C44H30O2/c45-41-23-19-37-27-31(11-9-29-13-17-33-5-1-3-7-35(33)25-29)15-21-39(37)43(41)44-40-22-16-32(28-38(40)20-24-42(44)46)12-10-30-14-18-34-6-2-4-8-36(34)26-30/h1-28,45-46H/b11-9+,12-10+. The van der Waals surface area contributed by atoms with Gasteiger partial charge < -0.3 is 10.2 Å². The van der Waals surface area contributed by atoms with Gasteiger partial charge in [0, 0.05) is 11.1 Å². The van der Waals surface area contributed by atoms with E-state index in [1.807, 2.05) is 24.3 Å². The summed E-state index contributed by atoms with van der Waals surface area (Å²) in [5.74, 6) is 0.269. The highest BCUT2D eigenvalue weighted by atomic mass is 16.3. The highest BCUT2D eigenvalue weighted by Gasteiger charge is 2.17. The lowest BCUT2D eigenvalue weighted by Crippen LogP contribution is -1.88. The zero-order valence-electron chi connectivity index (χ0n) is 25.1. The number of hydrogen-bond acceptors (Lipinski definition) is 2. The van der Waals surface area contributed by atoms with Gasteiger partial charge in [0.1, 0.15) is 11.5 Å². The second kappa shape index (κ2) is 11.4. The van der Waals surface area contributed by atoms with Crippen LogP contribution in [0.3, 0.4) is 0 Å². The summed E-state index contributed by atoms with van der Waals surface area (Å²) in [6.07, 6.45) is 8.46. The van der Waals surface area contributed by atoms with Crippen LogP contribution >= 0.6 is 0 Å². The average Bonchev–Trinajstić information content (AvgIpc) is 3.10. The minimum absolute atomic E-state index is 0.134. The Balaban J connectivity index is 1.14. The molecule has 0 spiro atoms. The van der Waals surface area contributed by atoms with Gasteiger partial charge in [-0.3, -0.25) is 0 Å². The van der Waals surface area contributed by atoms with Crippen LogP contribution in [0.5, 0.6) is 11.5 Å². The Morgan fingerprint density at radius 2 is 0.630 bits per heavy atom. The minimum Gasteiger partial charge on any atom is -0.507 e. The summed E-state index contributed by atoms with van der Waals surface area (Å²) in [5.41, 5.74) is 5.65. The molecule has 46 heavy (non-hydrogen) atoms. The van der Waals surface area contributed by atoms with Gasteiger partial charge in [-0.1, -0.05) is 133 Å². The lowest BCUT2D eigenvalue weighted by atomic mass is 9.91. The van der Waals surface area contributed by atoms with Gasteiger partial charge in [-0.05, 0) is 102 Å². The van der Waals surface area contributed by atoms with Crippen molar-refractivity contribution >= 4 is 67.4 Å². The molecular weight excluding hydrogens is 560 g/mol. The normalized spacial score (nSPS) is 11.9. The molecule has 0 aliphatic carbocycles. The van der Waals surface area contributed by atoms with Crippen molar-refractivity contribution in [3.05, 3.63) is 168 Å². The Bertz CT molecular complexity index is 2320. The van der Waals surface area contributed by atoms with Crippen molar-refractivity contribution in [2.75, 3.05) is 0 Å². The van der Waals surface area contributed by atoms with Crippen molar-refractivity contribution < 1.29 is 10.2 Å². The van der Waals surface area contributed by atoms with Gasteiger partial charge in [0.05, 0.1) is 0 Å². The van der Waals surface area contributed by atoms with Crippen LogP contribution in [-0.2, 0) is 0 Å². The van der Waals surface area contributed by atoms with Gasteiger partial charge in [-0.15, -0.1) is 0 Å². The number of benzene rings is 8. The third-order valence-electron chi connectivity index (χ3n) is 8.78. The molecule has 8 aromatic carbocycles. The minimum atomic E-state index is 0.134. The molecule has 0 amide bonds. The Morgan fingerprint density at radius 1 is 0.304 bits per heavy atom. The number of hydrogen-bond donors (Lipinski definition) is 2. The van der Waals surface area contributed by atoms with E-state index in [-0.39, 0.29) is 11.5 Å². The van der Waals surface area contributed by atoms with E-state index in [0.717, 1.165) is 43.8 Å². The fourth-order valence-electron chi connectivity index (χ4n) is 6.41. The maximum absolute atomic E-state index is 11.2. The Morgan fingerprint density at radius 3 is 1.04 bits per heavy atom. The Kier molecular flexibility index (Phi) is 6.81. The summed E-state index contributed by atoms with van der Waals surface area (Å²) in [4.78, 5) is 0. The Hall–Kier alpha value is -6.12. The van der Waals surface area contributed by atoms with Crippen LogP contribution in [0.15, 0.2) is 146 Å². The highest BCUT2D eigenvalue weighted by molar-refractivity contribution is 6.10. The van der Waals surface area contributed by atoms with E-state index in [1.165, 1.54) is 21.5 Å². The van der Waals surface area contributed by atoms with Crippen molar-refractivity contribution in [3.8, 4) is 22.6 Å². The monoisotopic (exact) mass is 590 g/mol. The number of rotatable bonds is 5. The summed E-state index contributed by atoms with van der Waals surface area (Å²) in [6.45, 7) is 0. The first-order valence-electron chi connectivity index (χ1n) is 15.4. The summed E-state index contributed by atoms with van der Waals surface area (Å²) in [5, 5.41) is 30.9. The van der Waals surface area contributed by atoms with Crippen LogP contribution in [-0.4, -0.2) is 10.2 Å². The van der Waals surface area contributed by atoms with Crippen molar-refractivity contribution in [2.45, 2.75) is 0 Å². The molecule has 2 N–H and O–H groups in total. The molecule has 0 saturated heterocycles. The van der Waals surface area contributed by atoms with Crippen LogP contribution in [0.4, 0.5) is 0 Å². The maximum Gasteiger partial charge on any atom is 0.124 e. The van der Waals surface area contributed by atoms with E-state index in [2.05, 4.69) is 133 Å². The molecule has 8 rings (SSSR count). The number of aromatic hydroxyl groups is 2. The van der Waals surface area contributed by atoms with E-state index in [9.17, 15) is 10.2 Å².